The van der Waals surface area contributed by atoms with E-state index < -0.39 is 0 Å². The van der Waals surface area contributed by atoms with Gasteiger partial charge in [0.1, 0.15) is 0 Å². The van der Waals surface area contributed by atoms with Crippen molar-refractivity contribution < 1.29 is 4.92 Å². The Morgan fingerprint density at radius 1 is 1.28 bits per heavy atom. The molecule has 1 aromatic rings. The summed E-state index contributed by atoms with van der Waals surface area (Å²) in [5.74, 6) is 0.733. The Morgan fingerprint density at radius 3 is 2.56 bits per heavy atom. The van der Waals surface area contributed by atoms with Gasteiger partial charge in [0.05, 0.1) is 4.92 Å². The van der Waals surface area contributed by atoms with Gasteiger partial charge in [-0.1, -0.05) is 31.9 Å². The summed E-state index contributed by atoms with van der Waals surface area (Å²) in [6.45, 7) is 3.10. The molecular formula is C14H20N2O2. The molecule has 0 amide bonds. The fourth-order valence-electron chi connectivity index (χ4n) is 2.60. The van der Waals surface area contributed by atoms with Crippen LogP contribution >= 0.6 is 0 Å². The zero-order chi connectivity index (χ0) is 13.0. The fourth-order valence-corrected chi connectivity index (χ4v) is 2.60. The molecule has 1 aliphatic carbocycles. The smallest absolute Gasteiger partial charge is 0.269 e. The molecule has 0 aliphatic heterocycles. The maximum absolute atomic E-state index is 10.6. The van der Waals surface area contributed by atoms with E-state index in [-0.39, 0.29) is 10.6 Å². The highest BCUT2D eigenvalue weighted by Crippen LogP contribution is 2.24. The maximum atomic E-state index is 10.6. The van der Waals surface area contributed by atoms with E-state index >= 15 is 0 Å². The van der Waals surface area contributed by atoms with Gasteiger partial charge in [-0.05, 0) is 24.3 Å². The third kappa shape index (κ3) is 3.29. The predicted molar refractivity (Wildman–Crippen MR) is 71.4 cm³/mol. The lowest BCUT2D eigenvalue weighted by molar-refractivity contribution is -0.384. The van der Waals surface area contributed by atoms with Crippen LogP contribution in [0.2, 0.25) is 0 Å². The minimum atomic E-state index is -0.361. The third-order valence-electron chi connectivity index (χ3n) is 3.83. The molecule has 1 N–H and O–H groups in total. The van der Waals surface area contributed by atoms with Gasteiger partial charge in [0, 0.05) is 24.7 Å². The van der Waals surface area contributed by atoms with Crippen LogP contribution in [0.25, 0.3) is 0 Å². The summed E-state index contributed by atoms with van der Waals surface area (Å²) in [5.41, 5.74) is 1.27. The van der Waals surface area contributed by atoms with Gasteiger partial charge in [-0.15, -0.1) is 0 Å². The molecule has 2 rings (SSSR count). The molecule has 1 fully saturated rings. The summed E-state index contributed by atoms with van der Waals surface area (Å²) in [6.07, 6.45) is 5.20. The maximum Gasteiger partial charge on any atom is 0.269 e. The predicted octanol–water partition coefficient (Wildman–Crippen LogP) is 3.26. The van der Waals surface area contributed by atoms with Crippen molar-refractivity contribution in [3.63, 3.8) is 0 Å². The molecule has 0 bridgehead atoms. The van der Waals surface area contributed by atoms with Gasteiger partial charge >= 0.3 is 0 Å². The Labute approximate surface area is 108 Å². The molecule has 0 radical (unpaired) electrons. The summed E-state index contributed by atoms with van der Waals surface area (Å²) in [7, 11) is 0. The lowest BCUT2D eigenvalue weighted by Crippen LogP contribution is -2.36. The van der Waals surface area contributed by atoms with Gasteiger partial charge in [0.25, 0.3) is 5.69 Å². The number of nitrogens with zero attached hydrogens (tertiary/aromatic N) is 1. The monoisotopic (exact) mass is 248 g/mol. The summed E-state index contributed by atoms with van der Waals surface area (Å²) in [6, 6.07) is 7.40. The van der Waals surface area contributed by atoms with Gasteiger partial charge < -0.3 is 5.32 Å². The Kier molecular flexibility index (Phi) is 4.31. The second kappa shape index (κ2) is 5.96. The Bertz CT molecular complexity index is 403. The van der Waals surface area contributed by atoms with Crippen LogP contribution in [0.5, 0.6) is 0 Å². The van der Waals surface area contributed by atoms with Crippen molar-refractivity contribution in [2.24, 2.45) is 5.92 Å². The molecule has 4 nitrogen and oxygen atoms in total. The van der Waals surface area contributed by atoms with E-state index in [1.807, 2.05) is 12.1 Å². The summed E-state index contributed by atoms with van der Waals surface area (Å²) < 4.78 is 0. The Balaban J connectivity index is 1.87. The number of benzene rings is 1. The first-order valence-electron chi connectivity index (χ1n) is 6.63. The first-order chi connectivity index (χ1) is 8.66. The molecular weight excluding hydrogens is 228 g/mol. The van der Waals surface area contributed by atoms with Crippen molar-refractivity contribution in [1.82, 2.24) is 5.32 Å². The number of nitro benzene ring substituents is 1. The lowest BCUT2D eigenvalue weighted by atomic mass is 9.86. The molecule has 0 saturated heterocycles. The third-order valence-corrected chi connectivity index (χ3v) is 3.83. The molecule has 1 saturated carbocycles. The molecule has 1 aliphatic rings. The van der Waals surface area contributed by atoms with Crippen molar-refractivity contribution in [3.05, 3.63) is 39.9 Å². The zero-order valence-corrected chi connectivity index (χ0v) is 10.8. The average Bonchev–Trinajstić information content (AvgIpc) is 2.38. The molecule has 0 unspecified atom stereocenters. The number of hydrogen-bond acceptors (Lipinski definition) is 3. The molecule has 4 heteroatoms. The van der Waals surface area contributed by atoms with E-state index in [1.165, 1.54) is 25.7 Å². The fraction of sp³-hybridized carbons (Fsp3) is 0.571. The van der Waals surface area contributed by atoms with Gasteiger partial charge in [-0.25, -0.2) is 0 Å². The Morgan fingerprint density at radius 2 is 1.94 bits per heavy atom. The van der Waals surface area contributed by atoms with Crippen LogP contribution in [0.3, 0.4) is 0 Å². The van der Waals surface area contributed by atoms with Crippen molar-refractivity contribution in [2.45, 2.75) is 45.2 Å². The SMILES string of the molecule is C[C@@H]1CCCC[C@@H]1NCc1ccc([N+](=O)[O-])cc1. The van der Waals surface area contributed by atoms with E-state index in [9.17, 15) is 10.1 Å². The van der Waals surface area contributed by atoms with Crippen LogP contribution in [0, 0.1) is 16.0 Å². The molecule has 0 heterocycles. The van der Waals surface area contributed by atoms with Crippen LogP contribution < -0.4 is 5.32 Å². The van der Waals surface area contributed by atoms with E-state index in [2.05, 4.69) is 12.2 Å². The number of nitrogens with one attached hydrogen (secondary N) is 1. The number of non-ortho nitro benzene ring substituents is 1. The van der Waals surface area contributed by atoms with E-state index in [1.54, 1.807) is 12.1 Å². The van der Waals surface area contributed by atoms with E-state index in [0.717, 1.165) is 18.0 Å². The van der Waals surface area contributed by atoms with Crippen LogP contribution in [0.4, 0.5) is 5.69 Å². The van der Waals surface area contributed by atoms with E-state index in [4.69, 9.17) is 0 Å². The summed E-state index contributed by atoms with van der Waals surface area (Å²) in [5, 5.41) is 14.1. The first kappa shape index (κ1) is 13.0. The van der Waals surface area contributed by atoms with Crippen LogP contribution in [0.1, 0.15) is 38.2 Å². The minimum absolute atomic E-state index is 0.157. The largest absolute Gasteiger partial charge is 0.310 e. The van der Waals surface area contributed by atoms with Crippen LogP contribution in [0.15, 0.2) is 24.3 Å². The number of hydrogen-bond donors (Lipinski definition) is 1. The molecule has 18 heavy (non-hydrogen) atoms. The highest BCUT2D eigenvalue weighted by molar-refractivity contribution is 5.32. The second-order valence-corrected chi connectivity index (χ2v) is 5.17. The van der Waals surface area contributed by atoms with Crippen molar-refractivity contribution in [3.8, 4) is 0 Å². The van der Waals surface area contributed by atoms with E-state index in [0.29, 0.717) is 6.04 Å². The standard InChI is InChI=1S/C14H20N2O2/c1-11-4-2-3-5-14(11)15-10-12-6-8-13(9-7-12)16(17)18/h6-9,11,14-15H,2-5,10H2,1H3/t11-,14+/m1/s1. The zero-order valence-electron chi connectivity index (χ0n) is 10.8. The topological polar surface area (TPSA) is 55.2 Å². The average molecular weight is 248 g/mol. The Hall–Kier alpha value is -1.42. The molecule has 0 spiro atoms. The second-order valence-electron chi connectivity index (χ2n) is 5.17. The van der Waals surface area contributed by atoms with Crippen LogP contribution in [-0.2, 0) is 6.54 Å². The van der Waals surface area contributed by atoms with Crippen LogP contribution in [-0.4, -0.2) is 11.0 Å². The minimum Gasteiger partial charge on any atom is -0.310 e. The first-order valence-corrected chi connectivity index (χ1v) is 6.63. The van der Waals surface area contributed by atoms with Gasteiger partial charge in [-0.3, -0.25) is 10.1 Å². The molecule has 98 valence electrons. The number of nitro groups is 1. The quantitative estimate of drug-likeness (QED) is 0.657. The molecule has 0 aromatic heterocycles. The van der Waals surface area contributed by atoms with Crippen molar-refractivity contribution >= 4 is 5.69 Å². The van der Waals surface area contributed by atoms with Gasteiger partial charge in [0.2, 0.25) is 0 Å². The molecule has 1 aromatic carbocycles. The highest BCUT2D eigenvalue weighted by atomic mass is 16.6. The normalized spacial score (nSPS) is 23.8. The van der Waals surface area contributed by atoms with Gasteiger partial charge in [-0.2, -0.15) is 0 Å². The summed E-state index contributed by atoms with van der Waals surface area (Å²) >= 11 is 0. The molecule has 2 atom stereocenters. The number of rotatable bonds is 4. The van der Waals surface area contributed by atoms with Gasteiger partial charge in [0.15, 0.2) is 0 Å². The van der Waals surface area contributed by atoms with Crippen molar-refractivity contribution in [2.75, 3.05) is 0 Å². The lowest BCUT2D eigenvalue weighted by Gasteiger charge is -2.29. The van der Waals surface area contributed by atoms with Crippen molar-refractivity contribution in [1.29, 1.82) is 0 Å². The highest BCUT2D eigenvalue weighted by Gasteiger charge is 2.20. The summed E-state index contributed by atoms with van der Waals surface area (Å²) in [4.78, 5) is 10.2.